The van der Waals surface area contributed by atoms with Gasteiger partial charge < -0.3 is 5.32 Å². The zero-order chi connectivity index (χ0) is 19.8. The van der Waals surface area contributed by atoms with Crippen LogP contribution in [-0.2, 0) is 11.2 Å². The molecular weight excluding hydrogens is 373 g/mol. The van der Waals surface area contributed by atoms with Crippen LogP contribution in [0.1, 0.15) is 17.7 Å². The fraction of sp³-hybridized carbons (Fsp3) is 0.227. The number of nitrogens with zero attached hydrogens (tertiary/aromatic N) is 2. The van der Waals surface area contributed by atoms with Gasteiger partial charge in [0.2, 0.25) is 5.91 Å². The van der Waals surface area contributed by atoms with Crippen LogP contribution in [0.3, 0.4) is 0 Å². The third kappa shape index (κ3) is 6.16. The van der Waals surface area contributed by atoms with Crippen molar-refractivity contribution in [3.63, 3.8) is 0 Å². The number of aromatic nitrogens is 2. The predicted molar refractivity (Wildman–Crippen MR) is 111 cm³/mol. The van der Waals surface area contributed by atoms with Crippen LogP contribution >= 0.6 is 11.8 Å². The summed E-state index contributed by atoms with van der Waals surface area (Å²) < 4.78 is 13.5. The zero-order valence-electron chi connectivity index (χ0n) is 15.7. The van der Waals surface area contributed by atoms with Crippen molar-refractivity contribution in [2.45, 2.75) is 24.8 Å². The molecule has 3 rings (SSSR count). The molecule has 0 fully saturated rings. The van der Waals surface area contributed by atoms with Crippen molar-refractivity contribution in [1.29, 1.82) is 0 Å². The smallest absolute Gasteiger partial charge is 0.230 e. The van der Waals surface area contributed by atoms with E-state index in [9.17, 15) is 9.18 Å². The number of rotatable bonds is 8. The maximum absolute atomic E-state index is 13.5. The van der Waals surface area contributed by atoms with E-state index >= 15 is 0 Å². The number of nitrogens with one attached hydrogen (secondary N) is 1. The number of hydrogen-bond donors (Lipinski definition) is 1. The van der Waals surface area contributed by atoms with Gasteiger partial charge in [-0.15, -0.1) is 0 Å². The maximum Gasteiger partial charge on any atom is 0.230 e. The Hall–Kier alpha value is -2.73. The second-order valence-corrected chi connectivity index (χ2v) is 7.40. The number of benzene rings is 2. The monoisotopic (exact) mass is 395 g/mol. The molecule has 0 radical (unpaired) electrons. The van der Waals surface area contributed by atoms with E-state index in [1.54, 1.807) is 12.1 Å². The Morgan fingerprint density at radius 2 is 1.89 bits per heavy atom. The number of aryl methyl sites for hydroxylation is 2. The van der Waals surface area contributed by atoms with Gasteiger partial charge in [-0.1, -0.05) is 54.2 Å². The minimum atomic E-state index is -0.327. The highest BCUT2D eigenvalue weighted by atomic mass is 32.2. The summed E-state index contributed by atoms with van der Waals surface area (Å²) >= 11 is 1.35. The van der Waals surface area contributed by atoms with Gasteiger partial charge in [-0.25, -0.2) is 14.4 Å². The number of carbonyl (C=O) groups is 1. The van der Waals surface area contributed by atoms with Crippen LogP contribution in [0, 0.1) is 12.7 Å². The lowest BCUT2D eigenvalue weighted by Gasteiger charge is -2.07. The van der Waals surface area contributed by atoms with Crippen molar-refractivity contribution < 1.29 is 9.18 Å². The molecule has 0 bridgehead atoms. The third-order valence-corrected chi connectivity index (χ3v) is 4.98. The van der Waals surface area contributed by atoms with Gasteiger partial charge in [0, 0.05) is 17.8 Å². The Morgan fingerprint density at radius 3 is 2.68 bits per heavy atom. The Morgan fingerprint density at radius 1 is 1.07 bits per heavy atom. The normalized spacial score (nSPS) is 10.6. The number of halogens is 1. The largest absolute Gasteiger partial charge is 0.355 e. The molecule has 6 heteroatoms. The first kappa shape index (κ1) is 20.0. The minimum Gasteiger partial charge on any atom is -0.355 e. The summed E-state index contributed by atoms with van der Waals surface area (Å²) in [6.45, 7) is 2.50. The summed E-state index contributed by atoms with van der Waals surface area (Å²) in [5, 5.41) is 3.64. The Kier molecular flexibility index (Phi) is 7.14. The molecule has 1 N–H and O–H groups in total. The van der Waals surface area contributed by atoms with Gasteiger partial charge in [0.1, 0.15) is 10.8 Å². The van der Waals surface area contributed by atoms with Crippen LogP contribution in [-0.4, -0.2) is 28.2 Å². The molecule has 1 amide bonds. The predicted octanol–water partition coefficient (Wildman–Crippen LogP) is 4.43. The van der Waals surface area contributed by atoms with E-state index in [1.165, 1.54) is 29.5 Å². The van der Waals surface area contributed by atoms with Gasteiger partial charge in [-0.3, -0.25) is 4.79 Å². The van der Waals surface area contributed by atoms with Crippen LogP contribution in [0.15, 0.2) is 65.7 Å². The number of carbonyl (C=O) groups excluding carboxylic acids is 1. The average Bonchev–Trinajstić information content (AvgIpc) is 2.70. The molecule has 0 aliphatic rings. The molecule has 144 valence electrons. The molecule has 0 saturated carbocycles. The first-order valence-corrected chi connectivity index (χ1v) is 10.1. The lowest BCUT2D eigenvalue weighted by molar-refractivity contribution is -0.118. The fourth-order valence-corrected chi connectivity index (χ4v) is 3.51. The molecule has 4 nitrogen and oxygen atoms in total. The van der Waals surface area contributed by atoms with Gasteiger partial charge in [0.05, 0.1) is 5.75 Å². The Bertz CT molecular complexity index is 934. The summed E-state index contributed by atoms with van der Waals surface area (Å²) in [6.07, 6.45) is 1.84. The van der Waals surface area contributed by atoms with Crippen molar-refractivity contribution in [2.75, 3.05) is 12.3 Å². The summed E-state index contributed by atoms with van der Waals surface area (Å²) in [4.78, 5) is 20.9. The van der Waals surface area contributed by atoms with Gasteiger partial charge in [0.25, 0.3) is 0 Å². The summed E-state index contributed by atoms with van der Waals surface area (Å²) in [6, 6.07) is 18.2. The summed E-state index contributed by atoms with van der Waals surface area (Å²) in [7, 11) is 0. The quantitative estimate of drug-likeness (QED) is 0.348. The van der Waals surface area contributed by atoms with Crippen LogP contribution in [0.25, 0.3) is 11.4 Å². The number of hydrogen-bond acceptors (Lipinski definition) is 4. The lowest BCUT2D eigenvalue weighted by atomic mass is 10.1. The summed E-state index contributed by atoms with van der Waals surface area (Å²) in [5.74, 6) is 0.392. The molecular formula is C22H22FN3OS. The summed E-state index contributed by atoms with van der Waals surface area (Å²) in [5.41, 5.74) is 2.67. The van der Waals surface area contributed by atoms with Gasteiger partial charge in [-0.2, -0.15) is 0 Å². The van der Waals surface area contributed by atoms with Crippen LogP contribution in [0.5, 0.6) is 0 Å². The molecule has 0 aliphatic heterocycles. The van der Waals surface area contributed by atoms with E-state index in [0.717, 1.165) is 18.5 Å². The highest BCUT2D eigenvalue weighted by molar-refractivity contribution is 7.99. The van der Waals surface area contributed by atoms with E-state index in [0.29, 0.717) is 23.0 Å². The molecule has 28 heavy (non-hydrogen) atoms. The maximum atomic E-state index is 13.5. The van der Waals surface area contributed by atoms with Crippen LogP contribution < -0.4 is 5.32 Å². The van der Waals surface area contributed by atoms with Crippen molar-refractivity contribution >= 4 is 17.7 Å². The molecule has 0 spiro atoms. The Balaban J connectivity index is 1.49. The number of amides is 1. The van der Waals surface area contributed by atoms with Crippen LogP contribution in [0.2, 0.25) is 0 Å². The van der Waals surface area contributed by atoms with E-state index in [2.05, 4.69) is 27.4 Å². The Labute approximate surface area is 168 Å². The second kappa shape index (κ2) is 9.99. The highest BCUT2D eigenvalue weighted by Gasteiger charge is 2.09. The van der Waals surface area contributed by atoms with E-state index in [4.69, 9.17) is 0 Å². The topological polar surface area (TPSA) is 54.9 Å². The molecule has 0 saturated heterocycles. The van der Waals surface area contributed by atoms with Gasteiger partial charge in [-0.05, 0) is 43.5 Å². The first-order chi connectivity index (χ1) is 13.6. The highest BCUT2D eigenvalue weighted by Crippen LogP contribution is 2.22. The van der Waals surface area contributed by atoms with Gasteiger partial charge >= 0.3 is 0 Å². The van der Waals surface area contributed by atoms with Crippen LogP contribution in [0.4, 0.5) is 4.39 Å². The van der Waals surface area contributed by atoms with E-state index in [-0.39, 0.29) is 17.5 Å². The van der Waals surface area contributed by atoms with Gasteiger partial charge in [0.15, 0.2) is 5.82 Å². The van der Waals surface area contributed by atoms with Crippen molar-refractivity contribution in [1.82, 2.24) is 15.3 Å². The molecule has 1 heterocycles. The fourth-order valence-electron chi connectivity index (χ4n) is 2.73. The SMILES string of the molecule is Cc1cc(SCC(=O)NCCCc2ccccc2)nc(-c2cccc(F)c2)n1. The van der Waals surface area contributed by atoms with Crippen molar-refractivity contribution in [2.24, 2.45) is 0 Å². The third-order valence-electron chi connectivity index (χ3n) is 4.07. The molecule has 1 aromatic heterocycles. The van der Waals surface area contributed by atoms with Crippen molar-refractivity contribution in [3.05, 3.63) is 77.7 Å². The standard InChI is InChI=1S/C22H22FN3OS/c1-16-13-21(26-22(25-16)18-10-5-11-19(23)14-18)28-15-20(27)24-12-6-9-17-7-3-2-4-8-17/h2-5,7-8,10-11,13-14H,6,9,12,15H2,1H3,(H,24,27). The average molecular weight is 396 g/mol. The molecule has 0 atom stereocenters. The van der Waals surface area contributed by atoms with Crippen molar-refractivity contribution in [3.8, 4) is 11.4 Å². The van der Waals surface area contributed by atoms with E-state index < -0.39 is 0 Å². The second-order valence-electron chi connectivity index (χ2n) is 6.41. The number of thioether (sulfide) groups is 1. The molecule has 0 aliphatic carbocycles. The van der Waals surface area contributed by atoms with E-state index in [1.807, 2.05) is 31.2 Å². The molecule has 2 aromatic carbocycles. The molecule has 0 unspecified atom stereocenters. The first-order valence-electron chi connectivity index (χ1n) is 9.15. The lowest BCUT2D eigenvalue weighted by Crippen LogP contribution is -2.26. The molecule has 3 aromatic rings. The minimum absolute atomic E-state index is 0.0263. The zero-order valence-corrected chi connectivity index (χ0v) is 16.5.